The maximum Gasteiger partial charge on any atom is 0.287 e. The van der Waals surface area contributed by atoms with E-state index in [0.29, 0.717) is 21.3 Å². The first-order valence-electron chi connectivity index (χ1n) is 9.42. The normalized spacial score (nSPS) is 12.6. The number of benzene rings is 3. The lowest BCUT2D eigenvalue weighted by Crippen LogP contribution is -3.11. The first-order valence-corrected chi connectivity index (χ1v) is 9.80. The van der Waals surface area contributed by atoms with E-state index in [1.165, 1.54) is 24.3 Å². The summed E-state index contributed by atoms with van der Waals surface area (Å²) in [6.07, 6.45) is 0. The Balaban J connectivity index is 1.76. The van der Waals surface area contributed by atoms with Crippen LogP contribution in [0.2, 0.25) is 5.02 Å². The molecule has 1 unspecified atom stereocenters. The molecule has 2 amide bonds. The van der Waals surface area contributed by atoms with E-state index in [1.54, 1.807) is 31.3 Å². The van der Waals surface area contributed by atoms with Crippen LogP contribution in [0.5, 0.6) is 0 Å². The van der Waals surface area contributed by atoms with E-state index < -0.39 is 6.04 Å². The summed E-state index contributed by atoms with van der Waals surface area (Å²) in [6.45, 7) is 0.0433. The summed E-state index contributed by atoms with van der Waals surface area (Å²) in [5.41, 5.74) is 1.76. The van der Waals surface area contributed by atoms with Crippen LogP contribution in [0.3, 0.4) is 0 Å². The standard InChI is InChI=1S/C23H21ClFN3O2/c1-28(15-21(29)27-20-10-6-5-9-19(20)24)22(16-7-3-2-4-8-16)23(30)26-18-13-11-17(25)12-14-18/h2-14,22H,15H2,1H3,(H,26,30)(H,27,29)/p+1/t22-/m0/s1. The molecule has 0 fully saturated rings. The van der Waals surface area contributed by atoms with E-state index in [0.717, 1.165) is 5.56 Å². The van der Waals surface area contributed by atoms with E-state index in [-0.39, 0.29) is 24.2 Å². The Hall–Kier alpha value is -3.22. The molecule has 0 radical (unpaired) electrons. The third-order valence-corrected chi connectivity index (χ3v) is 4.92. The molecule has 0 aliphatic carbocycles. The molecule has 0 aliphatic rings. The van der Waals surface area contributed by atoms with E-state index >= 15 is 0 Å². The van der Waals surface area contributed by atoms with Gasteiger partial charge in [-0.05, 0) is 36.4 Å². The average Bonchev–Trinajstić information content (AvgIpc) is 2.72. The Bertz CT molecular complexity index is 1010. The highest BCUT2D eigenvalue weighted by Gasteiger charge is 2.30. The van der Waals surface area contributed by atoms with Gasteiger partial charge in [-0.2, -0.15) is 0 Å². The molecule has 7 heteroatoms. The third-order valence-electron chi connectivity index (χ3n) is 4.59. The van der Waals surface area contributed by atoms with Crippen molar-refractivity contribution in [3.63, 3.8) is 0 Å². The highest BCUT2D eigenvalue weighted by molar-refractivity contribution is 6.33. The van der Waals surface area contributed by atoms with Gasteiger partial charge < -0.3 is 15.5 Å². The number of amides is 2. The van der Waals surface area contributed by atoms with Gasteiger partial charge in [0.1, 0.15) is 5.82 Å². The number of quaternary nitrogens is 1. The number of carbonyl (C=O) groups excluding carboxylic acids is 2. The van der Waals surface area contributed by atoms with Crippen LogP contribution in [0.25, 0.3) is 0 Å². The summed E-state index contributed by atoms with van der Waals surface area (Å²) in [5, 5.41) is 6.02. The van der Waals surface area contributed by atoms with Crippen LogP contribution in [0, 0.1) is 5.82 Å². The number of likely N-dealkylation sites (N-methyl/N-ethyl adjacent to an activating group) is 1. The molecule has 0 aromatic heterocycles. The summed E-state index contributed by atoms with van der Waals surface area (Å²) < 4.78 is 13.2. The molecule has 3 aromatic rings. The van der Waals surface area contributed by atoms with Crippen molar-refractivity contribution in [3.8, 4) is 0 Å². The van der Waals surface area contributed by atoms with Gasteiger partial charge >= 0.3 is 0 Å². The van der Waals surface area contributed by atoms with E-state index in [9.17, 15) is 14.0 Å². The lowest BCUT2D eigenvalue weighted by atomic mass is 10.0. The lowest BCUT2D eigenvalue weighted by molar-refractivity contribution is -0.893. The molecule has 0 saturated carbocycles. The molecule has 0 bridgehead atoms. The molecule has 0 saturated heterocycles. The fraction of sp³-hybridized carbons (Fsp3) is 0.130. The second kappa shape index (κ2) is 10.0. The van der Waals surface area contributed by atoms with Crippen molar-refractivity contribution in [1.29, 1.82) is 0 Å². The van der Waals surface area contributed by atoms with Gasteiger partial charge in [-0.15, -0.1) is 0 Å². The molecule has 2 atom stereocenters. The topological polar surface area (TPSA) is 62.6 Å². The van der Waals surface area contributed by atoms with Gasteiger partial charge in [0.15, 0.2) is 12.6 Å². The zero-order valence-electron chi connectivity index (χ0n) is 16.4. The molecular weight excluding hydrogens is 405 g/mol. The molecule has 30 heavy (non-hydrogen) atoms. The number of hydrogen-bond donors (Lipinski definition) is 3. The first-order chi connectivity index (χ1) is 14.4. The molecule has 154 valence electrons. The third kappa shape index (κ3) is 5.65. The molecule has 3 rings (SSSR count). The van der Waals surface area contributed by atoms with Crippen LogP contribution in [0.4, 0.5) is 15.8 Å². The zero-order chi connectivity index (χ0) is 21.5. The maximum absolute atomic E-state index is 13.2. The summed E-state index contributed by atoms with van der Waals surface area (Å²) in [4.78, 5) is 26.3. The largest absolute Gasteiger partial charge is 0.321 e. The zero-order valence-corrected chi connectivity index (χ0v) is 17.1. The number of carbonyl (C=O) groups is 2. The average molecular weight is 427 g/mol. The summed E-state index contributed by atoms with van der Waals surface area (Å²) in [6, 6.07) is 21.1. The fourth-order valence-electron chi connectivity index (χ4n) is 3.17. The predicted molar refractivity (Wildman–Crippen MR) is 116 cm³/mol. The number of halogens is 2. The summed E-state index contributed by atoms with van der Waals surface area (Å²) >= 11 is 6.10. The maximum atomic E-state index is 13.2. The quantitative estimate of drug-likeness (QED) is 0.542. The number of rotatable bonds is 7. The van der Waals surface area contributed by atoms with Gasteiger partial charge in [-0.1, -0.05) is 54.1 Å². The predicted octanol–water partition coefficient (Wildman–Crippen LogP) is 3.31. The molecule has 0 aliphatic heterocycles. The van der Waals surface area contributed by atoms with Crippen LogP contribution >= 0.6 is 11.6 Å². The van der Waals surface area contributed by atoms with Crippen molar-refractivity contribution < 1.29 is 18.9 Å². The summed E-state index contributed by atoms with van der Waals surface area (Å²) in [7, 11) is 1.77. The Kier molecular flexibility index (Phi) is 7.17. The Morgan fingerprint density at radius 3 is 2.23 bits per heavy atom. The summed E-state index contributed by atoms with van der Waals surface area (Å²) in [5.74, 6) is -0.946. The molecule has 3 N–H and O–H groups in total. The van der Waals surface area contributed by atoms with E-state index in [2.05, 4.69) is 10.6 Å². The van der Waals surface area contributed by atoms with Crippen molar-refractivity contribution in [2.45, 2.75) is 6.04 Å². The van der Waals surface area contributed by atoms with Crippen LogP contribution in [-0.2, 0) is 9.59 Å². The van der Waals surface area contributed by atoms with Crippen molar-refractivity contribution in [2.24, 2.45) is 0 Å². The Labute approximate surface area is 179 Å². The lowest BCUT2D eigenvalue weighted by Gasteiger charge is -2.24. The highest BCUT2D eigenvalue weighted by Crippen LogP contribution is 2.20. The first kappa shape index (κ1) is 21.5. The minimum Gasteiger partial charge on any atom is -0.321 e. The van der Waals surface area contributed by atoms with Gasteiger partial charge in [0.2, 0.25) is 0 Å². The van der Waals surface area contributed by atoms with Crippen molar-refractivity contribution in [2.75, 3.05) is 24.2 Å². The van der Waals surface area contributed by atoms with Crippen LogP contribution in [0.1, 0.15) is 11.6 Å². The smallest absolute Gasteiger partial charge is 0.287 e. The minimum absolute atomic E-state index is 0.0433. The highest BCUT2D eigenvalue weighted by atomic mass is 35.5. The number of nitrogens with one attached hydrogen (secondary N) is 3. The Morgan fingerprint density at radius 2 is 1.57 bits per heavy atom. The van der Waals surface area contributed by atoms with Gasteiger partial charge in [-0.25, -0.2) is 4.39 Å². The second-order valence-electron chi connectivity index (χ2n) is 6.89. The van der Waals surface area contributed by atoms with E-state index in [1.807, 2.05) is 30.3 Å². The van der Waals surface area contributed by atoms with Gasteiger partial charge in [0.25, 0.3) is 11.8 Å². The van der Waals surface area contributed by atoms with Crippen LogP contribution in [0.15, 0.2) is 78.9 Å². The van der Waals surface area contributed by atoms with Gasteiger partial charge in [-0.3, -0.25) is 9.59 Å². The van der Waals surface area contributed by atoms with Crippen LogP contribution < -0.4 is 15.5 Å². The van der Waals surface area contributed by atoms with Crippen molar-refractivity contribution >= 4 is 34.8 Å². The minimum atomic E-state index is -0.645. The number of hydrogen-bond acceptors (Lipinski definition) is 2. The van der Waals surface area contributed by atoms with Crippen LogP contribution in [-0.4, -0.2) is 25.4 Å². The molecule has 0 heterocycles. The second-order valence-corrected chi connectivity index (χ2v) is 7.30. The number of anilines is 2. The SMILES string of the molecule is C[NH+](CC(=O)Nc1ccccc1Cl)[C@H](C(=O)Nc1ccc(F)cc1)c1ccccc1. The monoisotopic (exact) mass is 426 g/mol. The number of para-hydroxylation sites is 1. The molecule has 5 nitrogen and oxygen atoms in total. The van der Waals surface area contributed by atoms with E-state index in [4.69, 9.17) is 11.6 Å². The van der Waals surface area contributed by atoms with Gasteiger partial charge in [0, 0.05) is 11.3 Å². The molecule has 0 spiro atoms. The van der Waals surface area contributed by atoms with Gasteiger partial charge in [0.05, 0.1) is 17.8 Å². The van der Waals surface area contributed by atoms with Crippen molar-refractivity contribution in [1.82, 2.24) is 0 Å². The fourth-order valence-corrected chi connectivity index (χ4v) is 3.35. The molecular formula is C23H22ClFN3O2+. The van der Waals surface area contributed by atoms with Crippen molar-refractivity contribution in [3.05, 3.63) is 95.3 Å². The Morgan fingerprint density at radius 1 is 0.933 bits per heavy atom. The molecule has 3 aromatic carbocycles.